The molecular formula is C15H23NO. The molecule has 0 spiro atoms. The highest BCUT2D eigenvalue weighted by Gasteiger charge is 2.40. The number of benzene rings is 1. The Kier molecular flexibility index (Phi) is 3.17. The van der Waals surface area contributed by atoms with E-state index in [2.05, 4.69) is 51.0 Å². The Morgan fingerprint density at radius 3 is 2.65 bits per heavy atom. The number of hydrogen-bond donors (Lipinski definition) is 0. The molecular weight excluding hydrogens is 210 g/mol. The minimum Gasteiger partial charge on any atom is -0.494 e. The zero-order valence-corrected chi connectivity index (χ0v) is 11.6. The summed E-state index contributed by atoms with van der Waals surface area (Å²) in [5.74, 6) is 0.999. The van der Waals surface area contributed by atoms with Crippen LogP contribution in [0.1, 0.15) is 31.9 Å². The molecule has 0 radical (unpaired) electrons. The Labute approximate surface area is 105 Å². The fraction of sp³-hybridized carbons (Fsp3) is 0.600. The van der Waals surface area contributed by atoms with Crippen LogP contribution in [0, 0.1) is 0 Å². The van der Waals surface area contributed by atoms with Crippen LogP contribution in [0.3, 0.4) is 0 Å². The first kappa shape index (κ1) is 12.4. The van der Waals surface area contributed by atoms with Gasteiger partial charge in [0, 0.05) is 11.5 Å². The molecule has 0 fully saturated rings. The second-order valence-electron chi connectivity index (χ2n) is 5.66. The lowest BCUT2D eigenvalue weighted by molar-refractivity contribution is 0.216. The smallest absolute Gasteiger partial charge is 0.119 e. The molecule has 1 aromatic carbocycles. The zero-order chi connectivity index (χ0) is 12.6. The second kappa shape index (κ2) is 4.34. The van der Waals surface area contributed by atoms with Crippen molar-refractivity contribution in [3.8, 4) is 5.75 Å². The number of fused-ring (bicyclic) bond motifs is 1. The lowest BCUT2D eigenvalue weighted by atomic mass is 9.82. The molecule has 0 heterocycles. The maximum atomic E-state index is 5.61. The fourth-order valence-corrected chi connectivity index (χ4v) is 3.06. The van der Waals surface area contributed by atoms with Crippen LogP contribution in [0.4, 0.5) is 0 Å². The zero-order valence-electron chi connectivity index (χ0n) is 11.6. The molecule has 0 saturated heterocycles. The van der Waals surface area contributed by atoms with Gasteiger partial charge in [-0.05, 0) is 50.7 Å². The molecule has 2 heteroatoms. The van der Waals surface area contributed by atoms with Crippen molar-refractivity contribution in [2.24, 2.45) is 0 Å². The molecule has 1 atom stereocenters. The number of likely N-dealkylation sites (N-methyl/N-ethyl adjacent to an activating group) is 1. The molecule has 1 unspecified atom stereocenters. The summed E-state index contributed by atoms with van der Waals surface area (Å²) >= 11 is 0. The summed E-state index contributed by atoms with van der Waals surface area (Å²) in [7, 11) is 4.34. The number of rotatable bonds is 3. The van der Waals surface area contributed by atoms with E-state index in [1.165, 1.54) is 11.1 Å². The molecule has 0 aromatic heterocycles. The van der Waals surface area contributed by atoms with Gasteiger partial charge >= 0.3 is 0 Å². The molecule has 0 amide bonds. The third-order valence-corrected chi connectivity index (χ3v) is 3.96. The summed E-state index contributed by atoms with van der Waals surface area (Å²) in [6.07, 6.45) is 1.14. The summed E-state index contributed by atoms with van der Waals surface area (Å²) in [5.41, 5.74) is 3.12. The SMILES string of the molecule is CCOc1ccc2c(c1)C(C)(C)C(N(C)C)C2. The quantitative estimate of drug-likeness (QED) is 0.796. The van der Waals surface area contributed by atoms with Gasteiger partial charge in [0.1, 0.15) is 5.75 Å². The van der Waals surface area contributed by atoms with Crippen molar-refractivity contribution >= 4 is 0 Å². The molecule has 2 nitrogen and oxygen atoms in total. The summed E-state index contributed by atoms with van der Waals surface area (Å²) in [6.45, 7) is 7.43. The minimum absolute atomic E-state index is 0.200. The largest absolute Gasteiger partial charge is 0.494 e. The topological polar surface area (TPSA) is 12.5 Å². The van der Waals surface area contributed by atoms with Crippen molar-refractivity contribution in [3.63, 3.8) is 0 Å². The van der Waals surface area contributed by atoms with Gasteiger partial charge in [-0.2, -0.15) is 0 Å². The highest BCUT2D eigenvalue weighted by Crippen LogP contribution is 2.41. The van der Waals surface area contributed by atoms with E-state index in [1.807, 2.05) is 6.92 Å². The van der Waals surface area contributed by atoms with Gasteiger partial charge in [0.05, 0.1) is 6.61 Å². The van der Waals surface area contributed by atoms with Gasteiger partial charge < -0.3 is 9.64 Å². The molecule has 1 aromatic rings. The summed E-state index contributed by atoms with van der Waals surface area (Å²) in [4.78, 5) is 2.33. The highest BCUT2D eigenvalue weighted by atomic mass is 16.5. The third-order valence-electron chi connectivity index (χ3n) is 3.96. The van der Waals surface area contributed by atoms with Crippen molar-refractivity contribution in [2.75, 3.05) is 20.7 Å². The number of ether oxygens (including phenoxy) is 1. The fourth-order valence-electron chi connectivity index (χ4n) is 3.06. The molecule has 94 valence electrons. The van der Waals surface area contributed by atoms with E-state index in [0.717, 1.165) is 18.8 Å². The Morgan fingerprint density at radius 2 is 2.06 bits per heavy atom. The van der Waals surface area contributed by atoms with Crippen molar-refractivity contribution in [2.45, 2.75) is 38.6 Å². The Balaban J connectivity index is 2.38. The monoisotopic (exact) mass is 233 g/mol. The van der Waals surface area contributed by atoms with Crippen molar-refractivity contribution in [1.82, 2.24) is 4.90 Å². The Hall–Kier alpha value is -1.02. The van der Waals surface area contributed by atoms with Gasteiger partial charge in [-0.15, -0.1) is 0 Å². The van der Waals surface area contributed by atoms with Crippen LogP contribution in [0.15, 0.2) is 18.2 Å². The first-order chi connectivity index (χ1) is 7.96. The van der Waals surface area contributed by atoms with Gasteiger partial charge in [-0.25, -0.2) is 0 Å². The van der Waals surface area contributed by atoms with E-state index in [9.17, 15) is 0 Å². The third kappa shape index (κ3) is 2.06. The molecule has 2 rings (SSSR count). The Morgan fingerprint density at radius 1 is 1.35 bits per heavy atom. The second-order valence-corrected chi connectivity index (χ2v) is 5.66. The van der Waals surface area contributed by atoms with Gasteiger partial charge in [0.2, 0.25) is 0 Å². The van der Waals surface area contributed by atoms with Crippen molar-refractivity contribution in [3.05, 3.63) is 29.3 Å². The van der Waals surface area contributed by atoms with E-state index >= 15 is 0 Å². The first-order valence-corrected chi connectivity index (χ1v) is 6.39. The lowest BCUT2D eigenvalue weighted by Gasteiger charge is -2.33. The molecule has 0 bridgehead atoms. The van der Waals surface area contributed by atoms with Crippen LogP contribution in [0.5, 0.6) is 5.75 Å². The van der Waals surface area contributed by atoms with Gasteiger partial charge in [0.25, 0.3) is 0 Å². The maximum absolute atomic E-state index is 5.61. The highest BCUT2D eigenvalue weighted by molar-refractivity contribution is 5.45. The molecule has 0 N–H and O–H groups in total. The Bertz CT molecular complexity index is 409. The van der Waals surface area contributed by atoms with E-state index in [-0.39, 0.29) is 5.41 Å². The number of nitrogens with zero attached hydrogens (tertiary/aromatic N) is 1. The van der Waals surface area contributed by atoms with Crippen LogP contribution >= 0.6 is 0 Å². The molecule has 1 aliphatic carbocycles. The van der Waals surface area contributed by atoms with Gasteiger partial charge in [-0.1, -0.05) is 19.9 Å². The van der Waals surface area contributed by atoms with E-state index in [4.69, 9.17) is 4.74 Å². The molecule has 1 aliphatic rings. The van der Waals surface area contributed by atoms with Crippen molar-refractivity contribution < 1.29 is 4.74 Å². The van der Waals surface area contributed by atoms with E-state index < -0.39 is 0 Å². The normalized spacial score (nSPS) is 21.6. The van der Waals surface area contributed by atoms with E-state index in [1.54, 1.807) is 0 Å². The summed E-state index contributed by atoms with van der Waals surface area (Å²) < 4.78 is 5.61. The first-order valence-electron chi connectivity index (χ1n) is 6.39. The summed E-state index contributed by atoms with van der Waals surface area (Å²) in [5, 5.41) is 0. The van der Waals surface area contributed by atoms with Crippen LogP contribution in [-0.4, -0.2) is 31.6 Å². The predicted octanol–water partition coefficient (Wildman–Crippen LogP) is 2.85. The van der Waals surface area contributed by atoms with Crippen LogP contribution < -0.4 is 4.74 Å². The molecule has 0 aliphatic heterocycles. The lowest BCUT2D eigenvalue weighted by Crippen LogP contribution is -2.41. The van der Waals surface area contributed by atoms with Gasteiger partial charge in [-0.3, -0.25) is 0 Å². The van der Waals surface area contributed by atoms with E-state index in [0.29, 0.717) is 6.04 Å². The van der Waals surface area contributed by atoms with Crippen LogP contribution in [0.2, 0.25) is 0 Å². The average molecular weight is 233 g/mol. The van der Waals surface area contributed by atoms with Crippen LogP contribution in [0.25, 0.3) is 0 Å². The predicted molar refractivity (Wildman–Crippen MR) is 71.8 cm³/mol. The molecule has 17 heavy (non-hydrogen) atoms. The van der Waals surface area contributed by atoms with Gasteiger partial charge in [0.15, 0.2) is 0 Å². The molecule has 0 saturated carbocycles. The number of hydrogen-bond acceptors (Lipinski definition) is 2. The minimum atomic E-state index is 0.200. The van der Waals surface area contributed by atoms with Crippen LogP contribution in [-0.2, 0) is 11.8 Å². The van der Waals surface area contributed by atoms with Crippen molar-refractivity contribution in [1.29, 1.82) is 0 Å². The average Bonchev–Trinajstić information content (AvgIpc) is 2.52. The standard InChI is InChI=1S/C15H23NO/c1-6-17-12-8-7-11-9-14(16(4)5)15(2,3)13(11)10-12/h7-8,10,14H,6,9H2,1-5H3. The maximum Gasteiger partial charge on any atom is 0.119 e. The summed E-state index contributed by atoms with van der Waals surface area (Å²) in [6, 6.07) is 7.12.